The van der Waals surface area contributed by atoms with Crippen molar-refractivity contribution >= 4 is 53.4 Å². The molecule has 8 aromatic rings. The minimum absolute atomic E-state index is 0.663. The predicted molar refractivity (Wildman–Crippen MR) is 168 cm³/mol. The normalized spacial score (nSPS) is 11.5. The number of benzene rings is 6. The fourth-order valence-corrected chi connectivity index (χ4v) is 7.19. The molecular weight excluding hydrogens is 506 g/mol. The van der Waals surface area contributed by atoms with Crippen LogP contribution in [0.5, 0.6) is 0 Å². The van der Waals surface area contributed by atoms with Gasteiger partial charge in [-0.1, -0.05) is 97.1 Å². The van der Waals surface area contributed by atoms with Crippen LogP contribution in [0, 0.1) is 11.3 Å². The van der Waals surface area contributed by atoms with Gasteiger partial charge in [-0.2, -0.15) is 5.26 Å². The first-order valence-corrected chi connectivity index (χ1v) is 14.1. The molecule has 0 saturated heterocycles. The van der Waals surface area contributed by atoms with Crippen LogP contribution in [0.1, 0.15) is 5.56 Å². The summed E-state index contributed by atoms with van der Waals surface area (Å²) in [5, 5.41) is 14.8. The zero-order valence-electron chi connectivity index (χ0n) is 21.4. The van der Waals surface area contributed by atoms with Crippen LogP contribution in [0.2, 0.25) is 0 Å². The average Bonchev–Trinajstić information content (AvgIpc) is 3.59. The first kappa shape index (κ1) is 22.8. The van der Waals surface area contributed by atoms with Crippen molar-refractivity contribution < 1.29 is 4.42 Å². The lowest BCUT2D eigenvalue weighted by Crippen LogP contribution is -1.91. The van der Waals surface area contributed by atoms with Crippen LogP contribution in [0.3, 0.4) is 0 Å². The highest BCUT2D eigenvalue weighted by Crippen LogP contribution is 2.45. The van der Waals surface area contributed by atoms with Gasteiger partial charge in [-0.3, -0.25) is 0 Å². The van der Waals surface area contributed by atoms with E-state index in [1.165, 1.54) is 25.7 Å². The Labute approximate surface area is 235 Å². The van der Waals surface area contributed by atoms with Crippen LogP contribution in [0.15, 0.2) is 132 Å². The molecule has 0 fully saturated rings. The fourth-order valence-electron chi connectivity index (χ4n) is 5.96. The molecule has 0 unspecified atom stereocenters. The molecule has 0 radical (unpaired) electrons. The molecule has 186 valence electrons. The van der Waals surface area contributed by atoms with E-state index in [9.17, 15) is 5.26 Å². The molecule has 0 aliphatic rings. The number of hydrogen-bond donors (Lipinski definition) is 0. The maximum Gasteiger partial charge on any atom is 0.136 e. The van der Waals surface area contributed by atoms with Gasteiger partial charge >= 0.3 is 0 Å². The van der Waals surface area contributed by atoms with E-state index >= 15 is 0 Å². The van der Waals surface area contributed by atoms with Crippen LogP contribution in [0.4, 0.5) is 0 Å². The largest absolute Gasteiger partial charge is 0.456 e. The van der Waals surface area contributed by atoms with Crippen LogP contribution in [0.25, 0.3) is 75.5 Å². The van der Waals surface area contributed by atoms with Crippen molar-refractivity contribution in [1.82, 2.24) is 0 Å². The summed E-state index contributed by atoms with van der Waals surface area (Å²) in [6.45, 7) is 0. The van der Waals surface area contributed by atoms with Gasteiger partial charge in [0.15, 0.2) is 0 Å². The highest BCUT2D eigenvalue weighted by Gasteiger charge is 2.18. The van der Waals surface area contributed by atoms with Crippen LogP contribution >= 0.6 is 11.3 Å². The summed E-state index contributed by atoms with van der Waals surface area (Å²) < 4.78 is 8.73. The second-order valence-electron chi connectivity index (χ2n) is 9.98. The molecule has 0 bridgehead atoms. The Morgan fingerprint density at radius 3 is 2.15 bits per heavy atom. The van der Waals surface area contributed by atoms with E-state index in [0.717, 1.165) is 49.8 Å². The van der Waals surface area contributed by atoms with Crippen LogP contribution < -0.4 is 0 Å². The maximum absolute atomic E-state index is 10.1. The number of hydrogen-bond acceptors (Lipinski definition) is 3. The zero-order chi connectivity index (χ0) is 26.6. The monoisotopic (exact) mass is 527 g/mol. The van der Waals surface area contributed by atoms with E-state index in [4.69, 9.17) is 4.42 Å². The van der Waals surface area contributed by atoms with Gasteiger partial charge in [0.25, 0.3) is 0 Å². The summed E-state index contributed by atoms with van der Waals surface area (Å²) in [7, 11) is 0. The van der Waals surface area contributed by atoms with Crippen molar-refractivity contribution in [2.24, 2.45) is 0 Å². The number of fused-ring (bicyclic) bond motifs is 6. The molecule has 0 atom stereocenters. The van der Waals surface area contributed by atoms with Gasteiger partial charge in [0.1, 0.15) is 11.2 Å². The third kappa shape index (κ3) is 3.41. The number of furan rings is 1. The lowest BCUT2D eigenvalue weighted by atomic mass is 9.88. The Morgan fingerprint density at radius 1 is 0.525 bits per heavy atom. The number of nitrogens with zero attached hydrogens (tertiary/aromatic N) is 1. The minimum atomic E-state index is 0.663. The van der Waals surface area contributed by atoms with Gasteiger partial charge < -0.3 is 4.42 Å². The number of thiophene rings is 1. The average molecular weight is 528 g/mol. The minimum Gasteiger partial charge on any atom is -0.456 e. The highest BCUT2D eigenvalue weighted by molar-refractivity contribution is 7.26. The Balaban J connectivity index is 1.44. The molecule has 0 N–H and O–H groups in total. The molecular formula is C37H21NOS. The van der Waals surface area contributed by atoms with Gasteiger partial charge in [-0.05, 0) is 52.6 Å². The van der Waals surface area contributed by atoms with Crippen molar-refractivity contribution in [3.63, 3.8) is 0 Å². The molecule has 0 spiro atoms. The van der Waals surface area contributed by atoms with E-state index in [0.29, 0.717) is 5.56 Å². The van der Waals surface area contributed by atoms with Crippen LogP contribution in [-0.4, -0.2) is 0 Å². The summed E-state index contributed by atoms with van der Waals surface area (Å²) in [5.41, 5.74) is 8.90. The van der Waals surface area contributed by atoms with Gasteiger partial charge in [0, 0.05) is 42.1 Å². The fraction of sp³-hybridized carbons (Fsp3) is 0. The summed E-state index contributed by atoms with van der Waals surface area (Å²) in [6.07, 6.45) is 0. The molecule has 3 heteroatoms. The second kappa shape index (κ2) is 8.95. The van der Waals surface area contributed by atoms with Gasteiger partial charge in [-0.25, -0.2) is 0 Å². The van der Waals surface area contributed by atoms with E-state index in [-0.39, 0.29) is 0 Å². The molecule has 0 saturated carbocycles. The SMILES string of the molecule is N#Cc1ccccc1-c1cc(-c2cccc3oc4ccccc4c23)ccc1-c1cccc2c1sc1ccccc12. The zero-order valence-corrected chi connectivity index (χ0v) is 22.2. The standard InChI is InChI=1S/C37H21NOS/c38-22-24-9-1-2-10-25(24)32-21-23(26-13-8-17-34-36(26)31-12-3-5-16-33(31)39-34)19-20-27(32)29-14-7-15-30-28-11-4-6-18-35(28)40-37(29)30/h1-21H. The Morgan fingerprint density at radius 2 is 1.23 bits per heavy atom. The van der Waals surface area contributed by atoms with Crippen molar-refractivity contribution in [1.29, 1.82) is 5.26 Å². The highest BCUT2D eigenvalue weighted by atomic mass is 32.1. The molecule has 0 aliphatic heterocycles. The lowest BCUT2D eigenvalue weighted by Gasteiger charge is -2.15. The number of nitriles is 1. The lowest BCUT2D eigenvalue weighted by molar-refractivity contribution is 0.669. The van der Waals surface area contributed by atoms with Gasteiger partial charge in [0.05, 0.1) is 11.6 Å². The number of rotatable bonds is 3. The third-order valence-corrected chi connectivity index (χ3v) is 8.99. The predicted octanol–water partition coefficient (Wildman–Crippen LogP) is 10.8. The van der Waals surface area contributed by atoms with E-state index in [1.807, 2.05) is 47.7 Å². The maximum atomic E-state index is 10.1. The molecule has 2 aromatic heterocycles. The first-order valence-electron chi connectivity index (χ1n) is 13.2. The molecule has 0 amide bonds. The molecule has 2 nitrogen and oxygen atoms in total. The van der Waals surface area contributed by atoms with Gasteiger partial charge in [-0.15, -0.1) is 11.3 Å². The van der Waals surface area contributed by atoms with Crippen molar-refractivity contribution in [2.45, 2.75) is 0 Å². The summed E-state index contributed by atoms with van der Waals surface area (Å²) in [5.74, 6) is 0. The third-order valence-electron chi connectivity index (χ3n) is 7.77. The molecule has 8 rings (SSSR count). The van der Waals surface area contributed by atoms with E-state index in [1.54, 1.807) is 0 Å². The second-order valence-corrected chi connectivity index (χ2v) is 11.0. The molecule has 40 heavy (non-hydrogen) atoms. The van der Waals surface area contributed by atoms with Crippen molar-refractivity contribution in [3.05, 3.63) is 133 Å². The Kier molecular flexibility index (Phi) is 5.10. The van der Waals surface area contributed by atoms with Crippen molar-refractivity contribution in [3.8, 4) is 39.4 Å². The van der Waals surface area contributed by atoms with Crippen molar-refractivity contribution in [2.75, 3.05) is 0 Å². The Bertz CT molecular complexity index is 2300. The van der Waals surface area contributed by atoms with E-state index in [2.05, 4.69) is 97.1 Å². The summed E-state index contributed by atoms with van der Waals surface area (Å²) in [6, 6.07) is 46.6. The molecule has 6 aromatic carbocycles. The smallest absolute Gasteiger partial charge is 0.136 e. The van der Waals surface area contributed by atoms with Crippen LogP contribution in [-0.2, 0) is 0 Å². The van der Waals surface area contributed by atoms with Gasteiger partial charge in [0.2, 0.25) is 0 Å². The summed E-state index contributed by atoms with van der Waals surface area (Å²) >= 11 is 1.82. The molecule has 2 heterocycles. The quantitative estimate of drug-likeness (QED) is 0.229. The molecule has 0 aliphatic carbocycles. The first-order chi connectivity index (χ1) is 19.8. The van der Waals surface area contributed by atoms with E-state index < -0.39 is 0 Å². The topological polar surface area (TPSA) is 36.9 Å². The number of para-hydroxylation sites is 1. The summed E-state index contributed by atoms with van der Waals surface area (Å²) in [4.78, 5) is 0. The Hall–Kier alpha value is -5.17.